The summed E-state index contributed by atoms with van der Waals surface area (Å²) in [5.41, 5.74) is 1.02. The molecule has 0 aliphatic heterocycles. The molecule has 2 aromatic rings. The topological polar surface area (TPSA) is 31.2 Å². The summed E-state index contributed by atoms with van der Waals surface area (Å²) in [6, 6.07) is 8.33. The molecule has 0 unspecified atom stereocenters. The van der Waals surface area contributed by atoms with E-state index in [1.807, 2.05) is 0 Å². The van der Waals surface area contributed by atoms with Crippen LogP contribution in [0.4, 0.5) is 8.78 Å². The van der Waals surface area contributed by atoms with E-state index in [9.17, 15) is 13.6 Å². The number of ether oxygens (including phenoxy) is 1. The van der Waals surface area contributed by atoms with Crippen LogP contribution in [0.1, 0.15) is 5.56 Å². The quantitative estimate of drug-likeness (QED) is 0.736. The Morgan fingerprint density at radius 3 is 2.70 bits per heavy atom. The minimum atomic E-state index is -2.62. The smallest absolute Gasteiger partial charge is 0.256 e. The van der Waals surface area contributed by atoms with Crippen molar-refractivity contribution in [3.05, 3.63) is 50.7 Å². The van der Waals surface area contributed by atoms with Gasteiger partial charge in [-0.2, -0.15) is 0 Å². The standard InChI is InChI=1S/C17H14BrF2NO2/c1-3-8-23-12-5-6-13(14(18)9-12)15-7-4-11(2)17(22)21(15)10-16(19)20/h1,4-7,9,16H,8,10H2,2H3. The zero-order valence-electron chi connectivity index (χ0n) is 12.4. The molecule has 120 valence electrons. The van der Waals surface area contributed by atoms with Crippen LogP contribution in [-0.2, 0) is 6.54 Å². The summed E-state index contributed by atoms with van der Waals surface area (Å²) in [6.07, 6.45) is 2.52. The van der Waals surface area contributed by atoms with Crippen molar-refractivity contribution in [1.29, 1.82) is 0 Å². The summed E-state index contributed by atoms with van der Waals surface area (Å²) in [5.74, 6) is 2.91. The van der Waals surface area contributed by atoms with Crippen LogP contribution in [0.25, 0.3) is 11.3 Å². The molecule has 3 nitrogen and oxygen atoms in total. The monoisotopic (exact) mass is 381 g/mol. The molecule has 0 saturated carbocycles. The first-order valence-electron chi connectivity index (χ1n) is 6.78. The average molecular weight is 382 g/mol. The Morgan fingerprint density at radius 1 is 1.35 bits per heavy atom. The lowest BCUT2D eigenvalue weighted by Crippen LogP contribution is -2.26. The van der Waals surface area contributed by atoms with Crippen LogP contribution in [0.15, 0.2) is 39.6 Å². The molecule has 1 aromatic carbocycles. The number of terminal acetylenes is 1. The molecule has 0 aliphatic rings. The van der Waals surface area contributed by atoms with Crippen LogP contribution < -0.4 is 10.3 Å². The van der Waals surface area contributed by atoms with Crippen molar-refractivity contribution >= 4 is 15.9 Å². The third-order valence-electron chi connectivity index (χ3n) is 3.22. The molecule has 0 spiro atoms. The van der Waals surface area contributed by atoms with E-state index in [4.69, 9.17) is 11.2 Å². The van der Waals surface area contributed by atoms with Gasteiger partial charge in [0.1, 0.15) is 12.4 Å². The van der Waals surface area contributed by atoms with Gasteiger partial charge < -0.3 is 9.30 Å². The van der Waals surface area contributed by atoms with Gasteiger partial charge in [0.25, 0.3) is 12.0 Å². The number of hydrogen-bond donors (Lipinski definition) is 0. The van der Waals surface area contributed by atoms with Gasteiger partial charge >= 0.3 is 0 Å². The second-order valence-corrected chi connectivity index (χ2v) is 5.70. The molecule has 0 bridgehead atoms. The number of aromatic nitrogens is 1. The summed E-state index contributed by atoms with van der Waals surface area (Å²) < 4.78 is 32.7. The Hall–Kier alpha value is -2.13. The van der Waals surface area contributed by atoms with E-state index in [1.54, 1.807) is 37.3 Å². The summed E-state index contributed by atoms with van der Waals surface area (Å²) in [5, 5.41) is 0. The largest absolute Gasteiger partial charge is 0.481 e. The number of pyridine rings is 1. The van der Waals surface area contributed by atoms with Crippen molar-refractivity contribution in [1.82, 2.24) is 4.57 Å². The molecule has 0 N–H and O–H groups in total. The molecule has 1 heterocycles. The van der Waals surface area contributed by atoms with Crippen molar-refractivity contribution < 1.29 is 13.5 Å². The maximum Gasteiger partial charge on any atom is 0.256 e. The van der Waals surface area contributed by atoms with Crippen LogP contribution in [0.3, 0.4) is 0 Å². The first-order valence-corrected chi connectivity index (χ1v) is 7.58. The minimum absolute atomic E-state index is 0.131. The third kappa shape index (κ3) is 3.99. The number of rotatable bonds is 5. The highest BCUT2D eigenvalue weighted by molar-refractivity contribution is 9.10. The highest BCUT2D eigenvalue weighted by Gasteiger charge is 2.15. The first-order chi connectivity index (χ1) is 10.9. The zero-order chi connectivity index (χ0) is 17.0. The van der Waals surface area contributed by atoms with Crippen molar-refractivity contribution in [2.75, 3.05) is 6.61 Å². The first kappa shape index (κ1) is 17.2. The summed E-state index contributed by atoms with van der Waals surface area (Å²) >= 11 is 3.38. The minimum Gasteiger partial charge on any atom is -0.481 e. The van der Waals surface area contributed by atoms with Gasteiger partial charge in [0, 0.05) is 15.6 Å². The second kappa shape index (κ2) is 7.42. The molecule has 0 fully saturated rings. The van der Waals surface area contributed by atoms with E-state index in [-0.39, 0.29) is 6.61 Å². The van der Waals surface area contributed by atoms with Gasteiger partial charge in [-0.3, -0.25) is 4.79 Å². The van der Waals surface area contributed by atoms with E-state index in [0.717, 1.165) is 4.57 Å². The molecule has 6 heteroatoms. The van der Waals surface area contributed by atoms with Crippen LogP contribution in [0.5, 0.6) is 5.75 Å². The van der Waals surface area contributed by atoms with E-state index < -0.39 is 18.5 Å². The normalized spacial score (nSPS) is 10.6. The van der Waals surface area contributed by atoms with E-state index in [0.29, 0.717) is 27.0 Å². The number of halogens is 3. The number of hydrogen-bond acceptors (Lipinski definition) is 2. The lowest BCUT2D eigenvalue weighted by Gasteiger charge is -2.15. The Morgan fingerprint density at radius 2 is 2.09 bits per heavy atom. The molecule has 1 aromatic heterocycles. The van der Waals surface area contributed by atoms with Gasteiger partial charge in [-0.25, -0.2) is 8.78 Å². The Kier molecular flexibility index (Phi) is 5.56. The molecule has 0 amide bonds. The van der Waals surface area contributed by atoms with Gasteiger partial charge in [0.05, 0.1) is 12.2 Å². The van der Waals surface area contributed by atoms with Gasteiger partial charge in [0.15, 0.2) is 0 Å². The van der Waals surface area contributed by atoms with Crippen LogP contribution in [-0.4, -0.2) is 17.6 Å². The van der Waals surface area contributed by atoms with Crippen molar-refractivity contribution in [3.63, 3.8) is 0 Å². The highest BCUT2D eigenvalue weighted by Crippen LogP contribution is 2.31. The summed E-state index contributed by atoms with van der Waals surface area (Å²) in [6.45, 7) is 1.07. The van der Waals surface area contributed by atoms with Gasteiger partial charge in [0.2, 0.25) is 0 Å². The molecule has 0 saturated heterocycles. The molecular weight excluding hydrogens is 368 g/mol. The molecular formula is C17H14BrF2NO2. The highest BCUT2D eigenvalue weighted by atomic mass is 79.9. The third-order valence-corrected chi connectivity index (χ3v) is 3.88. The fourth-order valence-electron chi connectivity index (χ4n) is 2.16. The zero-order valence-corrected chi connectivity index (χ0v) is 13.9. The molecule has 0 aliphatic carbocycles. The van der Waals surface area contributed by atoms with Gasteiger partial charge in [-0.15, -0.1) is 6.42 Å². The van der Waals surface area contributed by atoms with E-state index in [2.05, 4.69) is 21.9 Å². The van der Waals surface area contributed by atoms with E-state index in [1.165, 1.54) is 0 Å². The predicted molar refractivity (Wildman–Crippen MR) is 88.9 cm³/mol. The van der Waals surface area contributed by atoms with Crippen molar-refractivity contribution in [3.8, 4) is 29.4 Å². The number of aryl methyl sites for hydroxylation is 1. The molecule has 2 rings (SSSR count). The van der Waals surface area contributed by atoms with Gasteiger partial charge in [-0.05, 0) is 47.1 Å². The van der Waals surface area contributed by atoms with Crippen LogP contribution >= 0.6 is 15.9 Å². The van der Waals surface area contributed by atoms with Crippen molar-refractivity contribution in [2.45, 2.75) is 19.9 Å². The maximum atomic E-state index is 12.8. The number of benzene rings is 1. The Balaban J connectivity index is 2.52. The van der Waals surface area contributed by atoms with Crippen molar-refractivity contribution in [2.24, 2.45) is 0 Å². The average Bonchev–Trinajstić information content (AvgIpc) is 2.50. The number of alkyl halides is 2. The summed E-state index contributed by atoms with van der Waals surface area (Å²) in [4.78, 5) is 12.2. The van der Waals surface area contributed by atoms with Gasteiger partial charge in [-0.1, -0.05) is 12.0 Å². The molecule has 0 atom stereocenters. The SMILES string of the molecule is C#CCOc1ccc(-c2ccc(C)c(=O)n2CC(F)F)c(Br)c1. The number of nitrogens with zero attached hydrogens (tertiary/aromatic N) is 1. The fourth-order valence-corrected chi connectivity index (χ4v) is 2.72. The Bertz CT molecular complexity index is 809. The van der Waals surface area contributed by atoms with E-state index >= 15 is 0 Å². The Labute approximate surface area is 141 Å². The fraction of sp³-hybridized carbons (Fsp3) is 0.235. The summed E-state index contributed by atoms with van der Waals surface area (Å²) in [7, 11) is 0. The molecule has 0 radical (unpaired) electrons. The lowest BCUT2D eigenvalue weighted by molar-refractivity contribution is 0.126. The molecule has 23 heavy (non-hydrogen) atoms. The second-order valence-electron chi connectivity index (χ2n) is 4.84. The van der Waals surface area contributed by atoms with Crippen LogP contribution in [0.2, 0.25) is 0 Å². The lowest BCUT2D eigenvalue weighted by atomic mass is 10.1. The van der Waals surface area contributed by atoms with Crippen LogP contribution in [0, 0.1) is 19.3 Å². The maximum absolute atomic E-state index is 12.8. The predicted octanol–water partition coefficient (Wildman–Crippen LogP) is 3.86.